The summed E-state index contributed by atoms with van der Waals surface area (Å²) in [5.41, 5.74) is 3.62. The van der Waals surface area contributed by atoms with Crippen LogP contribution < -0.4 is 20.4 Å². The normalized spacial score (nSPS) is 14.6. The topological polar surface area (TPSA) is 134 Å². The summed E-state index contributed by atoms with van der Waals surface area (Å²) < 4.78 is 10.3. The number of fused-ring (bicyclic) bond motifs is 1. The highest BCUT2D eigenvalue weighted by atomic mass is 16.5. The Balaban J connectivity index is 0.00000151. The Labute approximate surface area is 226 Å². The van der Waals surface area contributed by atoms with E-state index in [4.69, 9.17) is 19.2 Å². The second-order valence-electron chi connectivity index (χ2n) is 8.66. The van der Waals surface area contributed by atoms with E-state index in [0.29, 0.717) is 43.0 Å². The molecule has 2 aliphatic rings. The van der Waals surface area contributed by atoms with Crippen LogP contribution in [0.3, 0.4) is 0 Å². The molecule has 2 aliphatic heterocycles. The van der Waals surface area contributed by atoms with Crippen molar-refractivity contribution in [2.24, 2.45) is 0 Å². The van der Waals surface area contributed by atoms with Crippen LogP contribution >= 0.6 is 0 Å². The van der Waals surface area contributed by atoms with Crippen molar-refractivity contribution in [3.05, 3.63) is 66.3 Å². The maximum Gasteiger partial charge on any atom is 0.324 e. The number of anilines is 4. The average molecular weight is 530 g/mol. The first-order valence-corrected chi connectivity index (χ1v) is 13.1. The number of ether oxygens (including phenoxy) is 1. The van der Waals surface area contributed by atoms with Crippen LogP contribution in [-0.4, -0.2) is 64.0 Å². The van der Waals surface area contributed by atoms with Gasteiger partial charge in [-0.3, -0.25) is 5.32 Å². The van der Waals surface area contributed by atoms with E-state index < -0.39 is 6.03 Å². The molecule has 2 N–H and O–H groups in total. The third-order valence-corrected chi connectivity index (χ3v) is 6.27. The zero-order valence-electron chi connectivity index (χ0n) is 22.0. The van der Waals surface area contributed by atoms with E-state index in [9.17, 15) is 4.79 Å². The number of morpholine rings is 1. The van der Waals surface area contributed by atoms with Gasteiger partial charge >= 0.3 is 6.03 Å². The molecule has 202 valence electrons. The van der Waals surface area contributed by atoms with Crippen molar-refractivity contribution >= 4 is 29.3 Å². The van der Waals surface area contributed by atoms with Crippen LogP contribution in [0.4, 0.5) is 28.1 Å². The monoisotopic (exact) mass is 529 g/mol. The molecule has 6 rings (SSSR count). The molecule has 12 heteroatoms. The molecule has 0 aliphatic carbocycles. The van der Waals surface area contributed by atoms with E-state index in [-0.39, 0.29) is 0 Å². The van der Waals surface area contributed by atoms with E-state index in [1.165, 1.54) is 11.8 Å². The lowest BCUT2D eigenvalue weighted by atomic mass is 10.0. The van der Waals surface area contributed by atoms with Gasteiger partial charge in [-0.1, -0.05) is 19.0 Å². The van der Waals surface area contributed by atoms with Crippen LogP contribution in [0.1, 0.15) is 25.1 Å². The van der Waals surface area contributed by atoms with Gasteiger partial charge in [0.05, 0.1) is 25.5 Å². The number of hydrogen-bond acceptors (Lipinski definition) is 10. The lowest BCUT2D eigenvalue weighted by Gasteiger charge is -2.34. The molecule has 0 atom stereocenters. The molecule has 3 aromatic heterocycles. The Morgan fingerprint density at radius 1 is 0.923 bits per heavy atom. The molecule has 4 aromatic rings. The molecule has 0 bridgehead atoms. The molecule has 5 heterocycles. The van der Waals surface area contributed by atoms with Crippen molar-refractivity contribution in [2.75, 3.05) is 53.3 Å². The van der Waals surface area contributed by atoms with Gasteiger partial charge in [-0.05, 0) is 36.8 Å². The summed E-state index contributed by atoms with van der Waals surface area (Å²) >= 11 is 0. The van der Waals surface area contributed by atoms with Crippen molar-refractivity contribution in [3.8, 4) is 11.4 Å². The fourth-order valence-electron chi connectivity index (χ4n) is 4.46. The lowest BCUT2D eigenvalue weighted by molar-refractivity contribution is 0.122. The number of benzene rings is 1. The fraction of sp³-hybridized carbons (Fsp3) is 0.333. The van der Waals surface area contributed by atoms with Gasteiger partial charge in [0.25, 0.3) is 0 Å². The van der Waals surface area contributed by atoms with Gasteiger partial charge in [0.2, 0.25) is 5.95 Å². The molecular formula is C27H31N9O3. The van der Waals surface area contributed by atoms with Gasteiger partial charge in [0, 0.05) is 54.9 Å². The largest absolute Gasteiger partial charge is 0.378 e. The predicted molar refractivity (Wildman–Crippen MR) is 148 cm³/mol. The fourth-order valence-corrected chi connectivity index (χ4v) is 4.46. The number of urea groups is 1. The summed E-state index contributed by atoms with van der Waals surface area (Å²) in [5, 5.41) is 9.05. The first-order chi connectivity index (χ1) is 19.2. The molecule has 0 radical (unpaired) electrons. The molecule has 2 amide bonds. The number of aromatic nitrogens is 5. The van der Waals surface area contributed by atoms with Gasteiger partial charge in [0.1, 0.15) is 12.1 Å². The van der Waals surface area contributed by atoms with Gasteiger partial charge in [-0.25, -0.2) is 24.7 Å². The van der Waals surface area contributed by atoms with Crippen molar-refractivity contribution in [1.29, 1.82) is 0 Å². The predicted octanol–water partition coefficient (Wildman–Crippen LogP) is 3.99. The smallest absolute Gasteiger partial charge is 0.324 e. The van der Waals surface area contributed by atoms with Gasteiger partial charge in [-0.2, -0.15) is 0 Å². The Kier molecular flexibility index (Phi) is 8.22. The number of carbonyl (C=O) groups excluding carboxylic acids is 1. The number of hydrogen-bond donors (Lipinski definition) is 2. The first-order valence-electron chi connectivity index (χ1n) is 13.1. The summed E-state index contributed by atoms with van der Waals surface area (Å²) in [6, 6.07) is 10.4. The average Bonchev–Trinajstić information content (AvgIpc) is 3.51. The summed E-state index contributed by atoms with van der Waals surface area (Å²) in [6.45, 7) is 8.33. The number of carbonyl (C=O) groups is 1. The molecule has 1 saturated heterocycles. The van der Waals surface area contributed by atoms with E-state index in [1.807, 2.05) is 44.2 Å². The number of amides is 2. The minimum Gasteiger partial charge on any atom is -0.378 e. The highest BCUT2D eigenvalue weighted by molar-refractivity contribution is 5.99. The summed E-state index contributed by atoms with van der Waals surface area (Å²) in [6.07, 6.45) is 5.71. The second kappa shape index (κ2) is 12.3. The summed E-state index contributed by atoms with van der Waals surface area (Å²) in [4.78, 5) is 35.5. The molecule has 1 aromatic carbocycles. The third kappa shape index (κ3) is 6.12. The zero-order valence-corrected chi connectivity index (χ0v) is 22.0. The highest BCUT2D eigenvalue weighted by Gasteiger charge is 2.27. The van der Waals surface area contributed by atoms with Gasteiger partial charge < -0.3 is 24.4 Å². The minimum absolute atomic E-state index is 0.335. The molecule has 12 nitrogen and oxygen atoms in total. The standard InChI is InChI=1S/C25H25N9O3.C2H6/c35-25(30-21-7-13-37-32-21)28-18-4-2-17(3-5-18)22-29-20-16-34(24-26-8-1-9-27-24)10-6-19(20)23(31-22)33-11-14-36-15-12-33;1-2/h1-5,7-9,13H,6,10-12,14-16H2,(H2,28,30,32,35);1-2H3. The Morgan fingerprint density at radius 2 is 1.69 bits per heavy atom. The maximum atomic E-state index is 12.2. The molecular weight excluding hydrogens is 498 g/mol. The molecule has 39 heavy (non-hydrogen) atoms. The van der Waals surface area contributed by atoms with Crippen LogP contribution in [0.25, 0.3) is 11.4 Å². The van der Waals surface area contributed by atoms with Crippen LogP contribution in [-0.2, 0) is 17.7 Å². The quantitative estimate of drug-likeness (QED) is 0.391. The van der Waals surface area contributed by atoms with E-state index in [0.717, 1.165) is 43.1 Å². The Hall–Kier alpha value is -4.58. The molecule has 0 spiro atoms. The van der Waals surface area contributed by atoms with Gasteiger partial charge in [-0.15, -0.1) is 0 Å². The van der Waals surface area contributed by atoms with Gasteiger partial charge in [0.15, 0.2) is 11.6 Å². The zero-order chi connectivity index (χ0) is 27.0. The summed E-state index contributed by atoms with van der Waals surface area (Å²) in [5.74, 6) is 2.63. The van der Waals surface area contributed by atoms with Crippen LogP contribution in [0, 0.1) is 0 Å². The van der Waals surface area contributed by atoms with Crippen LogP contribution in [0.15, 0.2) is 59.6 Å². The Morgan fingerprint density at radius 3 is 2.41 bits per heavy atom. The highest BCUT2D eigenvalue weighted by Crippen LogP contribution is 2.31. The SMILES string of the molecule is CC.O=C(Nc1ccc(-c2nc3c(c(N4CCOCC4)n2)CCN(c2ncccn2)C3)cc1)Nc1ccon1. The van der Waals surface area contributed by atoms with Crippen LogP contribution in [0.2, 0.25) is 0 Å². The number of nitrogens with one attached hydrogen (secondary N) is 2. The van der Waals surface area contributed by atoms with E-state index in [2.05, 4.69) is 35.6 Å². The minimum atomic E-state index is -0.412. The molecule has 1 fully saturated rings. The number of nitrogens with zero attached hydrogens (tertiary/aromatic N) is 7. The van der Waals surface area contributed by atoms with E-state index in [1.54, 1.807) is 18.5 Å². The summed E-state index contributed by atoms with van der Waals surface area (Å²) in [7, 11) is 0. The molecule has 0 unspecified atom stereocenters. The first kappa shape index (κ1) is 26.0. The second-order valence-corrected chi connectivity index (χ2v) is 8.66. The van der Waals surface area contributed by atoms with E-state index >= 15 is 0 Å². The van der Waals surface area contributed by atoms with Crippen molar-refractivity contribution in [3.63, 3.8) is 0 Å². The van der Waals surface area contributed by atoms with Crippen molar-refractivity contribution in [2.45, 2.75) is 26.8 Å². The third-order valence-electron chi connectivity index (χ3n) is 6.27. The van der Waals surface area contributed by atoms with Crippen molar-refractivity contribution < 1.29 is 14.1 Å². The maximum absolute atomic E-state index is 12.2. The Bertz CT molecular complexity index is 1360. The van der Waals surface area contributed by atoms with Crippen LogP contribution in [0.5, 0.6) is 0 Å². The lowest BCUT2D eigenvalue weighted by Crippen LogP contribution is -2.39. The molecule has 0 saturated carbocycles. The number of rotatable bonds is 5. The van der Waals surface area contributed by atoms with Crippen molar-refractivity contribution in [1.82, 2.24) is 25.1 Å².